The van der Waals surface area contributed by atoms with Crippen LogP contribution in [0, 0.1) is 6.92 Å². The molecule has 1 atom stereocenters. The summed E-state index contributed by atoms with van der Waals surface area (Å²) in [7, 11) is 0. The lowest BCUT2D eigenvalue weighted by Crippen LogP contribution is -2.55. The number of carboxylic acid groups (broad SMARTS) is 1. The number of carboxylic acids is 1. The van der Waals surface area contributed by atoms with Crippen molar-refractivity contribution in [3.8, 4) is 0 Å². The van der Waals surface area contributed by atoms with Crippen molar-refractivity contribution >= 4 is 39.1 Å². The number of carbonyl (C=O) groups excluding carboxylic acids is 1. The Morgan fingerprint density at radius 1 is 1.61 bits per heavy atom. The van der Waals surface area contributed by atoms with E-state index in [9.17, 15) is 14.7 Å². The highest BCUT2D eigenvalue weighted by atomic mass is 79.9. The maximum absolute atomic E-state index is 12.0. The van der Waals surface area contributed by atoms with E-state index < -0.39 is 11.5 Å². The average molecular weight is 334 g/mol. The number of nitrogens with one attached hydrogen (secondary N) is 1. The van der Waals surface area contributed by atoms with Gasteiger partial charge in [0.25, 0.3) is 5.91 Å². The molecule has 1 unspecified atom stereocenters. The number of halogens is 1. The molecule has 0 radical (unpaired) electrons. The van der Waals surface area contributed by atoms with Crippen molar-refractivity contribution in [1.82, 2.24) is 5.32 Å². The molecule has 98 valence electrons. The van der Waals surface area contributed by atoms with Gasteiger partial charge in [0.1, 0.15) is 0 Å². The van der Waals surface area contributed by atoms with Crippen LogP contribution in [0.15, 0.2) is 9.85 Å². The van der Waals surface area contributed by atoms with Crippen molar-refractivity contribution in [3.63, 3.8) is 0 Å². The maximum Gasteiger partial charge on any atom is 0.331 e. The summed E-state index contributed by atoms with van der Waals surface area (Å²) in [4.78, 5) is 23.8. The average Bonchev–Trinajstić information content (AvgIpc) is 2.88. The van der Waals surface area contributed by atoms with Gasteiger partial charge >= 0.3 is 5.97 Å². The number of ether oxygens (including phenoxy) is 1. The van der Waals surface area contributed by atoms with E-state index in [1.807, 2.05) is 6.92 Å². The van der Waals surface area contributed by atoms with E-state index in [-0.39, 0.29) is 12.5 Å². The SMILES string of the molecule is Cc1cc(C(=O)NC2(C(=O)O)CCOC2)sc1Br. The van der Waals surface area contributed by atoms with Crippen LogP contribution >= 0.6 is 27.3 Å². The Morgan fingerprint density at radius 3 is 2.78 bits per heavy atom. The molecule has 1 aromatic rings. The molecule has 1 aliphatic rings. The molecule has 1 fully saturated rings. The summed E-state index contributed by atoms with van der Waals surface area (Å²) >= 11 is 4.62. The van der Waals surface area contributed by atoms with Gasteiger partial charge in [0, 0.05) is 13.0 Å². The third kappa shape index (κ3) is 2.43. The molecule has 1 aliphatic heterocycles. The van der Waals surface area contributed by atoms with Crippen LogP contribution in [0.1, 0.15) is 21.7 Å². The van der Waals surface area contributed by atoms with E-state index in [1.54, 1.807) is 6.07 Å². The van der Waals surface area contributed by atoms with Gasteiger partial charge < -0.3 is 15.2 Å². The van der Waals surface area contributed by atoms with E-state index in [0.717, 1.165) is 9.35 Å². The normalized spacial score (nSPS) is 23.0. The van der Waals surface area contributed by atoms with E-state index in [4.69, 9.17) is 4.74 Å². The van der Waals surface area contributed by atoms with Crippen LogP contribution in [0.3, 0.4) is 0 Å². The van der Waals surface area contributed by atoms with Crippen LogP contribution in [0.2, 0.25) is 0 Å². The van der Waals surface area contributed by atoms with Gasteiger partial charge in [0.05, 0.1) is 15.3 Å². The van der Waals surface area contributed by atoms with E-state index in [2.05, 4.69) is 21.2 Å². The molecule has 2 heterocycles. The minimum absolute atomic E-state index is 0.0135. The highest BCUT2D eigenvalue weighted by Crippen LogP contribution is 2.28. The second-order valence-electron chi connectivity index (χ2n) is 4.21. The smallest absolute Gasteiger partial charge is 0.331 e. The Balaban J connectivity index is 2.17. The Morgan fingerprint density at radius 2 is 2.33 bits per heavy atom. The number of aryl methyl sites for hydroxylation is 1. The molecular weight excluding hydrogens is 322 g/mol. The summed E-state index contributed by atoms with van der Waals surface area (Å²) in [6, 6.07) is 1.73. The summed E-state index contributed by atoms with van der Waals surface area (Å²) in [5, 5.41) is 11.8. The Hall–Kier alpha value is -0.920. The Bertz CT molecular complexity index is 474. The summed E-state index contributed by atoms with van der Waals surface area (Å²) in [5.74, 6) is -1.43. The summed E-state index contributed by atoms with van der Waals surface area (Å²) in [5.41, 5.74) is -0.334. The molecule has 0 aromatic carbocycles. The number of hydrogen-bond acceptors (Lipinski definition) is 4. The highest BCUT2D eigenvalue weighted by Gasteiger charge is 2.44. The summed E-state index contributed by atoms with van der Waals surface area (Å²) in [6.07, 6.45) is 0.291. The number of amides is 1. The zero-order valence-corrected chi connectivity index (χ0v) is 12.1. The number of thiophene rings is 1. The standard InChI is InChI=1S/C11H12BrNO4S/c1-6-4-7(18-8(6)12)9(14)13-11(10(15)16)2-3-17-5-11/h4H,2-3,5H2,1H3,(H,13,14)(H,15,16). The van der Waals surface area contributed by atoms with Crippen molar-refractivity contribution < 1.29 is 19.4 Å². The van der Waals surface area contributed by atoms with Gasteiger partial charge in [0.15, 0.2) is 5.54 Å². The van der Waals surface area contributed by atoms with Crippen molar-refractivity contribution in [1.29, 1.82) is 0 Å². The van der Waals surface area contributed by atoms with E-state index >= 15 is 0 Å². The molecule has 2 rings (SSSR count). The number of carbonyl (C=O) groups is 2. The van der Waals surface area contributed by atoms with Crippen LogP contribution in [-0.4, -0.2) is 35.7 Å². The first-order valence-corrected chi connectivity index (χ1v) is 6.95. The second kappa shape index (κ2) is 4.99. The molecule has 0 spiro atoms. The second-order valence-corrected chi connectivity index (χ2v) is 6.58. The molecule has 5 nitrogen and oxygen atoms in total. The topological polar surface area (TPSA) is 75.6 Å². The van der Waals surface area contributed by atoms with Gasteiger partial charge in [-0.25, -0.2) is 4.79 Å². The van der Waals surface area contributed by atoms with Gasteiger partial charge in [-0.15, -0.1) is 11.3 Å². The fraction of sp³-hybridized carbons (Fsp3) is 0.455. The zero-order chi connectivity index (χ0) is 13.3. The zero-order valence-electron chi connectivity index (χ0n) is 9.66. The predicted octanol–water partition coefficient (Wildman–Crippen LogP) is 1.79. The third-order valence-electron chi connectivity index (χ3n) is 2.86. The fourth-order valence-electron chi connectivity index (χ4n) is 1.74. The summed E-state index contributed by atoms with van der Waals surface area (Å²) in [6.45, 7) is 2.24. The molecule has 0 saturated carbocycles. The molecule has 1 saturated heterocycles. The molecule has 1 amide bonds. The van der Waals surface area contributed by atoms with Crippen molar-refractivity contribution in [3.05, 3.63) is 20.3 Å². The lowest BCUT2D eigenvalue weighted by molar-refractivity contribution is -0.144. The highest BCUT2D eigenvalue weighted by molar-refractivity contribution is 9.11. The largest absolute Gasteiger partial charge is 0.479 e. The maximum atomic E-state index is 12.0. The van der Waals surface area contributed by atoms with Gasteiger partial charge in [-0.3, -0.25) is 4.79 Å². The van der Waals surface area contributed by atoms with Crippen molar-refractivity contribution in [2.24, 2.45) is 0 Å². The van der Waals surface area contributed by atoms with Crippen LogP contribution in [0.5, 0.6) is 0 Å². The monoisotopic (exact) mass is 333 g/mol. The van der Waals surface area contributed by atoms with E-state index in [1.165, 1.54) is 11.3 Å². The van der Waals surface area contributed by atoms with Crippen LogP contribution < -0.4 is 5.32 Å². The van der Waals surface area contributed by atoms with Crippen LogP contribution in [0.25, 0.3) is 0 Å². The van der Waals surface area contributed by atoms with Gasteiger partial charge in [-0.1, -0.05) is 0 Å². The lowest BCUT2D eigenvalue weighted by Gasteiger charge is -2.23. The van der Waals surface area contributed by atoms with Crippen LogP contribution in [0.4, 0.5) is 0 Å². The van der Waals surface area contributed by atoms with Gasteiger partial charge in [0.2, 0.25) is 0 Å². The number of rotatable bonds is 3. The Kier molecular flexibility index (Phi) is 3.74. The van der Waals surface area contributed by atoms with Crippen molar-refractivity contribution in [2.75, 3.05) is 13.2 Å². The molecular formula is C11H12BrNO4S. The predicted molar refractivity (Wildman–Crippen MR) is 70.0 cm³/mol. The van der Waals surface area contributed by atoms with Gasteiger partial charge in [-0.05, 0) is 34.5 Å². The number of hydrogen-bond donors (Lipinski definition) is 2. The Labute approximate surface area is 116 Å². The molecule has 0 aliphatic carbocycles. The minimum Gasteiger partial charge on any atom is -0.479 e. The lowest BCUT2D eigenvalue weighted by atomic mass is 9.99. The first-order valence-electron chi connectivity index (χ1n) is 5.34. The number of aliphatic carboxylic acids is 1. The molecule has 18 heavy (non-hydrogen) atoms. The fourth-order valence-corrected chi connectivity index (χ4v) is 3.17. The first kappa shape index (κ1) is 13.5. The van der Waals surface area contributed by atoms with E-state index in [0.29, 0.717) is 17.9 Å². The van der Waals surface area contributed by atoms with Crippen molar-refractivity contribution in [2.45, 2.75) is 18.9 Å². The van der Waals surface area contributed by atoms with Gasteiger partial charge in [-0.2, -0.15) is 0 Å². The minimum atomic E-state index is -1.29. The molecule has 1 aromatic heterocycles. The quantitative estimate of drug-likeness (QED) is 0.884. The molecule has 7 heteroatoms. The molecule has 2 N–H and O–H groups in total. The third-order valence-corrected chi connectivity index (χ3v) is 5.00. The van der Waals surface area contributed by atoms with Crippen LogP contribution in [-0.2, 0) is 9.53 Å². The first-order chi connectivity index (χ1) is 8.44. The molecule has 0 bridgehead atoms. The summed E-state index contributed by atoms with van der Waals surface area (Å²) < 4.78 is 5.96.